The first kappa shape index (κ1) is 13.4. The molecule has 0 spiro atoms. The van der Waals surface area contributed by atoms with E-state index in [9.17, 15) is 0 Å². The van der Waals surface area contributed by atoms with Crippen molar-refractivity contribution in [3.8, 4) is 5.69 Å². The Morgan fingerprint density at radius 3 is 2.18 bits per heavy atom. The summed E-state index contributed by atoms with van der Waals surface area (Å²) in [5.74, 6) is 0. The summed E-state index contributed by atoms with van der Waals surface area (Å²) >= 11 is 6.27. The largest absolute Gasteiger partial charge is 0.309 e. The molecule has 1 heterocycles. The van der Waals surface area contributed by atoms with Crippen LogP contribution in [0.3, 0.4) is 0 Å². The van der Waals surface area contributed by atoms with Crippen molar-refractivity contribution >= 4 is 33.4 Å². The Bertz CT molecular complexity index is 991. The van der Waals surface area contributed by atoms with Crippen molar-refractivity contribution in [1.82, 2.24) is 4.57 Å². The first-order valence-corrected chi connectivity index (χ1v) is 7.80. The van der Waals surface area contributed by atoms with Crippen molar-refractivity contribution in [2.45, 2.75) is 13.8 Å². The molecule has 0 saturated carbocycles. The summed E-state index contributed by atoms with van der Waals surface area (Å²) in [4.78, 5) is 0. The van der Waals surface area contributed by atoms with Gasteiger partial charge in [0.25, 0.3) is 0 Å². The van der Waals surface area contributed by atoms with Gasteiger partial charge in [0, 0.05) is 15.8 Å². The minimum atomic E-state index is 0.766. The maximum absolute atomic E-state index is 6.27. The molecule has 0 bridgehead atoms. The second kappa shape index (κ2) is 4.89. The smallest absolute Gasteiger partial charge is 0.0556 e. The van der Waals surface area contributed by atoms with Crippen LogP contribution < -0.4 is 0 Å². The summed E-state index contributed by atoms with van der Waals surface area (Å²) in [5.41, 5.74) is 6.16. The first-order valence-electron chi connectivity index (χ1n) is 7.42. The summed E-state index contributed by atoms with van der Waals surface area (Å²) in [7, 11) is 0. The van der Waals surface area contributed by atoms with Gasteiger partial charge in [0.1, 0.15) is 0 Å². The fourth-order valence-corrected chi connectivity index (χ4v) is 3.51. The molecule has 0 atom stereocenters. The van der Waals surface area contributed by atoms with Gasteiger partial charge < -0.3 is 4.57 Å². The van der Waals surface area contributed by atoms with Gasteiger partial charge in [-0.1, -0.05) is 54.1 Å². The molecule has 22 heavy (non-hydrogen) atoms. The maximum atomic E-state index is 6.27. The molecule has 4 rings (SSSR count). The van der Waals surface area contributed by atoms with Crippen LogP contribution in [-0.4, -0.2) is 4.57 Å². The Balaban J connectivity index is 2.27. The molecule has 0 amide bonds. The summed E-state index contributed by atoms with van der Waals surface area (Å²) in [6.07, 6.45) is 0. The fourth-order valence-electron chi connectivity index (χ4n) is 3.34. The molecule has 0 radical (unpaired) electrons. The minimum Gasteiger partial charge on any atom is -0.309 e. The number of hydrogen-bond acceptors (Lipinski definition) is 0. The zero-order valence-corrected chi connectivity index (χ0v) is 13.4. The predicted octanol–water partition coefficient (Wildman–Crippen LogP) is 6.05. The summed E-state index contributed by atoms with van der Waals surface area (Å²) in [5, 5.41) is 3.27. The molecule has 0 saturated heterocycles. The van der Waals surface area contributed by atoms with Gasteiger partial charge in [-0.3, -0.25) is 0 Å². The summed E-state index contributed by atoms with van der Waals surface area (Å²) < 4.78 is 2.33. The second-order valence-electron chi connectivity index (χ2n) is 5.75. The van der Waals surface area contributed by atoms with Crippen LogP contribution in [0.1, 0.15) is 11.1 Å². The number of fused-ring (bicyclic) bond motifs is 3. The van der Waals surface area contributed by atoms with E-state index in [-0.39, 0.29) is 0 Å². The lowest BCUT2D eigenvalue weighted by Crippen LogP contribution is -1.99. The zero-order valence-electron chi connectivity index (χ0n) is 12.6. The molecule has 0 aliphatic rings. The molecule has 3 aromatic carbocycles. The number of para-hydroxylation sites is 2. The Labute approximate surface area is 134 Å². The normalized spacial score (nSPS) is 11.4. The number of rotatable bonds is 1. The van der Waals surface area contributed by atoms with E-state index in [1.165, 1.54) is 33.1 Å². The van der Waals surface area contributed by atoms with E-state index >= 15 is 0 Å². The third-order valence-corrected chi connectivity index (χ3v) is 4.53. The van der Waals surface area contributed by atoms with Crippen LogP contribution in [0.15, 0.2) is 60.7 Å². The van der Waals surface area contributed by atoms with Crippen molar-refractivity contribution in [2.75, 3.05) is 0 Å². The number of hydrogen-bond donors (Lipinski definition) is 0. The van der Waals surface area contributed by atoms with Gasteiger partial charge in [-0.25, -0.2) is 0 Å². The van der Waals surface area contributed by atoms with Gasteiger partial charge in [-0.2, -0.15) is 0 Å². The average Bonchev–Trinajstić information content (AvgIpc) is 2.81. The molecule has 4 aromatic rings. The van der Waals surface area contributed by atoms with Gasteiger partial charge in [0.15, 0.2) is 0 Å². The van der Waals surface area contributed by atoms with Gasteiger partial charge in [0.05, 0.1) is 16.7 Å². The molecule has 108 valence electrons. The summed E-state index contributed by atoms with van der Waals surface area (Å²) in [6.45, 7) is 4.32. The molecule has 0 unspecified atom stereocenters. The third kappa shape index (κ3) is 1.86. The molecule has 0 fully saturated rings. The van der Waals surface area contributed by atoms with Gasteiger partial charge in [0.2, 0.25) is 0 Å². The average molecular weight is 306 g/mol. The van der Waals surface area contributed by atoms with Crippen LogP contribution in [0, 0.1) is 13.8 Å². The second-order valence-corrected chi connectivity index (χ2v) is 6.19. The van der Waals surface area contributed by atoms with E-state index in [0.717, 1.165) is 10.5 Å². The molecular formula is C20H16ClN. The van der Waals surface area contributed by atoms with Crippen molar-refractivity contribution in [2.24, 2.45) is 0 Å². The lowest BCUT2D eigenvalue weighted by atomic mass is 10.1. The van der Waals surface area contributed by atoms with E-state index < -0.39 is 0 Å². The third-order valence-electron chi connectivity index (χ3n) is 4.30. The molecule has 1 nitrogen and oxygen atoms in total. The Morgan fingerprint density at radius 2 is 1.41 bits per heavy atom. The van der Waals surface area contributed by atoms with Gasteiger partial charge >= 0.3 is 0 Å². The number of aromatic nitrogens is 1. The highest BCUT2D eigenvalue weighted by Gasteiger charge is 2.14. The summed E-state index contributed by atoms with van der Waals surface area (Å²) in [6, 6.07) is 21.1. The van der Waals surface area contributed by atoms with Crippen LogP contribution in [0.2, 0.25) is 5.02 Å². The fraction of sp³-hybridized carbons (Fsp3) is 0.100. The standard InChI is InChI=1S/C20H16ClN/c1-13-6-5-7-14(2)20(13)22-18-9-4-3-8-16(18)17-11-10-15(21)12-19(17)22/h3-12H,1-2H3. The topological polar surface area (TPSA) is 4.93 Å². The molecule has 2 heteroatoms. The van der Waals surface area contributed by atoms with Crippen molar-refractivity contribution in [3.63, 3.8) is 0 Å². The molecular weight excluding hydrogens is 290 g/mol. The maximum Gasteiger partial charge on any atom is 0.0556 e. The number of aryl methyl sites for hydroxylation is 2. The minimum absolute atomic E-state index is 0.766. The van der Waals surface area contributed by atoms with Crippen LogP contribution >= 0.6 is 11.6 Å². The van der Waals surface area contributed by atoms with E-state index in [0.29, 0.717) is 0 Å². The van der Waals surface area contributed by atoms with Crippen LogP contribution in [0.25, 0.3) is 27.5 Å². The highest BCUT2D eigenvalue weighted by atomic mass is 35.5. The van der Waals surface area contributed by atoms with Crippen molar-refractivity contribution in [3.05, 3.63) is 76.8 Å². The van der Waals surface area contributed by atoms with Crippen molar-refractivity contribution < 1.29 is 0 Å². The van der Waals surface area contributed by atoms with Crippen molar-refractivity contribution in [1.29, 1.82) is 0 Å². The zero-order chi connectivity index (χ0) is 15.3. The number of halogens is 1. The lowest BCUT2D eigenvalue weighted by Gasteiger charge is -2.14. The molecule has 0 N–H and O–H groups in total. The molecule has 0 aliphatic heterocycles. The van der Waals surface area contributed by atoms with Crippen LogP contribution in [0.4, 0.5) is 0 Å². The SMILES string of the molecule is Cc1cccc(C)c1-n1c2ccccc2c2ccc(Cl)cc21. The highest BCUT2D eigenvalue weighted by Crippen LogP contribution is 2.35. The monoisotopic (exact) mass is 305 g/mol. The number of nitrogens with zero attached hydrogens (tertiary/aromatic N) is 1. The number of benzene rings is 3. The first-order chi connectivity index (χ1) is 10.7. The van der Waals surface area contributed by atoms with Gasteiger partial charge in [-0.15, -0.1) is 0 Å². The Hall–Kier alpha value is -2.25. The highest BCUT2D eigenvalue weighted by molar-refractivity contribution is 6.31. The Morgan fingerprint density at radius 1 is 0.727 bits per heavy atom. The van der Waals surface area contributed by atoms with Crippen LogP contribution in [0.5, 0.6) is 0 Å². The van der Waals surface area contributed by atoms with E-state index in [1.54, 1.807) is 0 Å². The van der Waals surface area contributed by atoms with Crippen LogP contribution in [-0.2, 0) is 0 Å². The van der Waals surface area contributed by atoms with Gasteiger partial charge in [-0.05, 0) is 43.2 Å². The van der Waals surface area contributed by atoms with E-state index in [2.05, 4.69) is 73.0 Å². The quantitative estimate of drug-likeness (QED) is 0.403. The molecule has 1 aromatic heterocycles. The lowest BCUT2D eigenvalue weighted by molar-refractivity contribution is 1.12. The predicted molar refractivity (Wildman–Crippen MR) is 95.3 cm³/mol. The Kier molecular flexibility index (Phi) is 2.98. The van der Waals surface area contributed by atoms with E-state index in [1.807, 2.05) is 6.07 Å². The molecule has 0 aliphatic carbocycles. The van der Waals surface area contributed by atoms with E-state index in [4.69, 9.17) is 11.6 Å².